The summed E-state index contributed by atoms with van der Waals surface area (Å²) in [6.07, 6.45) is -0.879. The van der Waals surface area contributed by atoms with Crippen LogP contribution in [0.3, 0.4) is 0 Å². The highest BCUT2D eigenvalue weighted by atomic mass is 32.2. The molecule has 2 saturated carbocycles. The fourth-order valence-electron chi connectivity index (χ4n) is 5.90. The summed E-state index contributed by atoms with van der Waals surface area (Å²) < 4.78 is 74.5. The highest BCUT2D eigenvalue weighted by molar-refractivity contribution is 7.90. The third kappa shape index (κ3) is 6.46. The van der Waals surface area contributed by atoms with E-state index in [0.29, 0.717) is 17.4 Å². The van der Waals surface area contributed by atoms with Crippen molar-refractivity contribution in [3.63, 3.8) is 0 Å². The van der Waals surface area contributed by atoms with Crippen LogP contribution in [0.5, 0.6) is 5.88 Å². The molecule has 2 aliphatic rings. The van der Waals surface area contributed by atoms with Crippen molar-refractivity contribution in [1.29, 1.82) is 0 Å². The molecule has 0 saturated heterocycles. The molecule has 228 valence electrons. The Kier molecular flexibility index (Phi) is 8.77. The molecule has 2 fully saturated rings. The lowest BCUT2D eigenvalue weighted by Gasteiger charge is -2.28. The van der Waals surface area contributed by atoms with Gasteiger partial charge in [0.15, 0.2) is 5.82 Å². The molecule has 3 aromatic rings. The number of hydrogen-bond donors (Lipinski definition) is 1. The molecule has 0 aliphatic heterocycles. The van der Waals surface area contributed by atoms with E-state index in [4.69, 9.17) is 9.72 Å². The molecule has 2 aliphatic carbocycles. The normalized spacial score (nSPS) is 20.9. The second kappa shape index (κ2) is 11.6. The van der Waals surface area contributed by atoms with Crippen LogP contribution in [0.1, 0.15) is 74.8 Å². The lowest BCUT2D eigenvalue weighted by Crippen LogP contribution is -2.32. The molecule has 0 spiro atoms. The van der Waals surface area contributed by atoms with Gasteiger partial charge in [-0.15, -0.1) is 5.10 Å². The zero-order chi connectivity index (χ0) is 29.6. The Bertz CT molecular complexity index is 1540. The van der Waals surface area contributed by atoms with Crippen LogP contribution in [-0.2, 0) is 10.0 Å². The van der Waals surface area contributed by atoms with E-state index in [1.165, 1.54) is 22.9 Å². The first-order chi connectivity index (χ1) is 19.2. The predicted octanol–water partition coefficient (Wildman–Crippen LogP) is 6.15. The molecular weight excluding hydrogens is 589 g/mol. The van der Waals surface area contributed by atoms with E-state index in [2.05, 4.69) is 30.6 Å². The van der Waals surface area contributed by atoms with E-state index in [0.717, 1.165) is 12.8 Å². The van der Waals surface area contributed by atoms with Crippen molar-refractivity contribution in [1.82, 2.24) is 19.5 Å². The fraction of sp³-hybridized carbons (Fsp3) is 0.483. The first-order valence-electron chi connectivity index (χ1n) is 13.6. The molecule has 1 N–H and O–H groups in total. The zero-order valence-corrected chi connectivity index (χ0v) is 25.4. The van der Waals surface area contributed by atoms with Crippen LogP contribution >= 0.6 is 13.5 Å². The SMILES string of the molecule is C[C@@H]1CC(c2nc(-n3ccc(OCCC4(C(F)(F)F)CC4)n3)ccc2C(=O)NS(=O)(=O)c2ccccc2)C(C)(C)C1.S. The number of carbonyl (C=O) groups is 1. The molecule has 2 heterocycles. The molecule has 2 atom stereocenters. The topological polar surface area (TPSA) is 103 Å². The minimum absolute atomic E-state index is 0. The van der Waals surface area contributed by atoms with E-state index in [1.807, 2.05) is 0 Å². The zero-order valence-electron chi connectivity index (χ0n) is 23.6. The number of nitrogens with zero attached hydrogens (tertiary/aromatic N) is 3. The maximum Gasteiger partial charge on any atom is 0.394 e. The van der Waals surface area contributed by atoms with Crippen molar-refractivity contribution in [3.05, 3.63) is 66.0 Å². The van der Waals surface area contributed by atoms with Crippen molar-refractivity contribution in [2.24, 2.45) is 16.7 Å². The Morgan fingerprint density at radius 2 is 1.81 bits per heavy atom. The highest BCUT2D eigenvalue weighted by Crippen LogP contribution is 2.59. The molecule has 1 aromatic carbocycles. The van der Waals surface area contributed by atoms with E-state index in [-0.39, 0.29) is 67.0 Å². The van der Waals surface area contributed by atoms with Crippen LogP contribution in [0.25, 0.3) is 5.82 Å². The van der Waals surface area contributed by atoms with E-state index in [9.17, 15) is 26.4 Å². The Morgan fingerprint density at radius 1 is 1.12 bits per heavy atom. The van der Waals surface area contributed by atoms with Gasteiger partial charge in [0.1, 0.15) is 0 Å². The summed E-state index contributed by atoms with van der Waals surface area (Å²) in [6.45, 7) is 6.22. The predicted molar refractivity (Wildman–Crippen MR) is 156 cm³/mol. The first-order valence-corrected chi connectivity index (χ1v) is 15.1. The molecule has 5 rings (SSSR count). The smallest absolute Gasteiger partial charge is 0.394 e. The number of alkyl halides is 3. The highest BCUT2D eigenvalue weighted by Gasteiger charge is 2.62. The van der Waals surface area contributed by atoms with E-state index >= 15 is 0 Å². The number of rotatable bonds is 9. The van der Waals surface area contributed by atoms with E-state index < -0.39 is 27.5 Å². The summed E-state index contributed by atoms with van der Waals surface area (Å²) in [5.74, 6) is 0.0153. The molecule has 1 amide bonds. The summed E-state index contributed by atoms with van der Waals surface area (Å²) in [5.41, 5.74) is -1.22. The number of aromatic nitrogens is 3. The maximum atomic E-state index is 13.4. The molecular formula is C29H35F3N4O4S2. The number of sulfonamides is 1. The van der Waals surface area contributed by atoms with Crippen LogP contribution < -0.4 is 9.46 Å². The second-order valence-electron chi connectivity index (χ2n) is 11.9. The standard InChI is InChI=1S/C29H33F3N4O4S.H2S/c1-19-17-22(27(2,3)18-19)25-21(26(37)35-41(38,39)20-7-5-4-6-8-20)9-10-23(33-25)36-15-11-24(34-36)40-16-14-28(12-13-28)29(30,31)32;/h4-11,15,19,22H,12-14,16-18H2,1-3H3,(H,35,37);1H2/t19-,22?;/m1./s1. The van der Waals surface area contributed by atoms with Crippen molar-refractivity contribution >= 4 is 29.4 Å². The van der Waals surface area contributed by atoms with Gasteiger partial charge in [-0.1, -0.05) is 39.0 Å². The molecule has 2 aromatic heterocycles. The number of ether oxygens (including phenoxy) is 1. The van der Waals surface area contributed by atoms with Crippen LogP contribution in [0.4, 0.5) is 13.2 Å². The summed E-state index contributed by atoms with van der Waals surface area (Å²) in [4.78, 5) is 18.1. The van der Waals surface area contributed by atoms with Gasteiger partial charge in [-0.25, -0.2) is 22.8 Å². The van der Waals surface area contributed by atoms with Gasteiger partial charge < -0.3 is 4.74 Å². The minimum atomic E-state index is -4.24. The Labute approximate surface area is 250 Å². The van der Waals surface area contributed by atoms with Gasteiger partial charge in [-0.2, -0.15) is 26.7 Å². The third-order valence-electron chi connectivity index (χ3n) is 8.31. The summed E-state index contributed by atoms with van der Waals surface area (Å²) in [6, 6.07) is 12.3. The van der Waals surface area contributed by atoms with Gasteiger partial charge >= 0.3 is 6.18 Å². The van der Waals surface area contributed by atoms with Crippen LogP contribution in [0.2, 0.25) is 0 Å². The van der Waals surface area contributed by atoms with Crippen LogP contribution in [-0.4, -0.2) is 41.9 Å². The monoisotopic (exact) mass is 624 g/mol. The van der Waals surface area contributed by atoms with Crippen LogP contribution in [0.15, 0.2) is 59.6 Å². The molecule has 13 heteroatoms. The number of nitrogens with one attached hydrogen (secondary N) is 1. The average Bonchev–Trinajstić information content (AvgIpc) is 3.47. The number of benzene rings is 1. The summed E-state index contributed by atoms with van der Waals surface area (Å²) >= 11 is 0. The van der Waals surface area contributed by atoms with Gasteiger partial charge in [-0.3, -0.25) is 4.79 Å². The molecule has 0 bridgehead atoms. The van der Waals surface area contributed by atoms with Gasteiger partial charge in [-0.05, 0) is 67.7 Å². The number of hydrogen-bond acceptors (Lipinski definition) is 6. The van der Waals surface area contributed by atoms with Crippen molar-refractivity contribution in [3.8, 4) is 11.7 Å². The lowest BCUT2D eigenvalue weighted by atomic mass is 9.78. The quantitative estimate of drug-likeness (QED) is 0.306. The van der Waals surface area contributed by atoms with E-state index in [1.54, 1.807) is 36.5 Å². The maximum absolute atomic E-state index is 13.4. The first kappa shape index (κ1) is 31.9. The lowest BCUT2D eigenvalue weighted by molar-refractivity contribution is -0.190. The molecule has 42 heavy (non-hydrogen) atoms. The number of pyridine rings is 1. The van der Waals surface area contributed by atoms with Gasteiger partial charge in [0.05, 0.1) is 28.2 Å². The van der Waals surface area contributed by atoms with Crippen LogP contribution in [0, 0.1) is 16.7 Å². The number of halogens is 3. The number of amides is 1. The third-order valence-corrected chi connectivity index (χ3v) is 9.65. The molecule has 0 radical (unpaired) electrons. The van der Waals surface area contributed by atoms with Gasteiger partial charge in [0.25, 0.3) is 15.9 Å². The second-order valence-corrected chi connectivity index (χ2v) is 13.6. The number of carbonyl (C=O) groups excluding carboxylic acids is 1. The summed E-state index contributed by atoms with van der Waals surface area (Å²) in [7, 11) is -4.10. The summed E-state index contributed by atoms with van der Waals surface area (Å²) in [5, 5.41) is 4.33. The van der Waals surface area contributed by atoms with Gasteiger partial charge in [0, 0.05) is 18.2 Å². The Morgan fingerprint density at radius 3 is 2.40 bits per heavy atom. The largest absolute Gasteiger partial charge is 0.477 e. The van der Waals surface area contributed by atoms with Crippen molar-refractivity contribution in [2.75, 3.05) is 6.61 Å². The fourth-order valence-corrected chi connectivity index (χ4v) is 6.89. The van der Waals surface area contributed by atoms with Crippen molar-refractivity contribution in [2.45, 2.75) is 69.9 Å². The molecule has 8 nitrogen and oxygen atoms in total. The minimum Gasteiger partial charge on any atom is -0.477 e. The Hall–Kier alpha value is -3.06. The Balaban J connectivity index is 0.00000405. The van der Waals surface area contributed by atoms with Gasteiger partial charge in [0.2, 0.25) is 5.88 Å². The molecule has 1 unspecified atom stereocenters. The van der Waals surface area contributed by atoms with Crippen molar-refractivity contribution < 1.29 is 31.1 Å². The average molecular weight is 625 g/mol.